The molecule has 292 valence electrons. The Kier molecular flexibility index (Phi) is 10.1. The van der Waals surface area contributed by atoms with Crippen LogP contribution in [0.2, 0.25) is 0 Å². The maximum Gasteiger partial charge on any atom is 0.290 e. The van der Waals surface area contributed by atoms with Crippen LogP contribution in [0.15, 0.2) is 118 Å². The molecule has 0 saturated heterocycles. The molecule has 1 unspecified atom stereocenters. The largest absolute Gasteiger partial charge is 0.494 e. The van der Waals surface area contributed by atoms with Gasteiger partial charge in [0.15, 0.2) is 23.0 Å². The van der Waals surface area contributed by atoms with E-state index in [0.717, 1.165) is 44.4 Å². The summed E-state index contributed by atoms with van der Waals surface area (Å²) < 4.78 is 32.8. The van der Waals surface area contributed by atoms with Crippen LogP contribution in [0.5, 0.6) is 28.7 Å². The average Bonchev–Trinajstić information content (AvgIpc) is 4.01. The lowest BCUT2D eigenvalue weighted by Gasteiger charge is -2.13. The van der Waals surface area contributed by atoms with Gasteiger partial charge in [-0.1, -0.05) is 59.4 Å². The van der Waals surface area contributed by atoms with Gasteiger partial charge in [-0.25, -0.2) is 19.1 Å². The Morgan fingerprint density at radius 2 is 1.50 bits per heavy atom. The highest BCUT2D eigenvalue weighted by Crippen LogP contribution is 2.42. The van der Waals surface area contributed by atoms with Crippen LogP contribution in [0.1, 0.15) is 35.6 Å². The predicted octanol–water partition coefficient (Wildman–Crippen LogP) is 8.57. The number of aryl methyl sites for hydroxylation is 1. The molecule has 8 aromatic rings. The molecule has 0 fully saturated rings. The van der Waals surface area contributed by atoms with Crippen LogP contribution in [-0.2, 0) is 11.5 Å². The second-order valence-corrected chi connectivity index (χ2v) is 15.3. The zero-order chi connectivity index (χ0) is 39.8. The first-order valence-electron chi connectivity index (χ1n) is 18.5. The quantitative estimate of drug-likeness (QED) is 0.112. The Labute approximate surface area is 341 Å². The van der Waals surface area contributed by atoms with Crippen molar-refractivity contribution in [1.29, 1.82) is 0 Å². The molecule has 0 spiro atoms. The molecule has 0 amide bonds. The highest BCUT2D eigenvalue weighted by molar-refractivity contribution is 7.98. The van der Waals surface area contributed by atoms with E-state index < -0.39 is 6.29 Å². The molecule has 1 aliphatic heterocycles. The third-order valence-corrected chi connectivity index (χ3v) is 11.6. The molecule has 13 nitrogen and oxygen atoms in total. The van der Waals surface area contributed by atoms with Crippen molar-refractivity contribution in [2.45, 2.75) is 41.8 Å². The Hall–Kier alpha value is -6.45. The molecule has 1 N–H and O–H groups in total. The monoisotopic (exact) mass is 811 g/mol. The lowest BCUT2D eigenvalue weighted by atomic mass is 10.1. The smallest absolute Gasteiger partial charge is 0.290 e. The van der Waals surface area contributed by atoms with E-state index in [4.69, 9.17) is 38.9 Å². The molecule has 0 saturated carbocycles. The zero-order valence-corrected chi connectivity index (χ0v) is 33.6. The van der Waals surface area contributed by atoms with Crippen LogP contribution < -0.4 is 29.2 Å². The summed E-state index contributed by atoms with van der Waals surface area (Å²) in [5, 5.41) is 18.1. The van der Waals surface area contributed by atoms with Crippen molar-refractivity contribution in [2.75, 3.05) is 20.8 Å². The Morgan fingerprint density at radius 1 is 0.759 bits per heavy atom. The number of rotatable bonds is 13. The molecule has 0 bridgehead atoms. The van der Waals surface area contributed by atoms with E-state index in [2.05, 4.69) is 47.5 Å². The molecule has 5 heterocycles. The molecule has 0 radical (unpaired) electrons. The van der Waals surface area contributed by atoms with Gasteiger partial charge in [0, 0.05) is 22.6 Å². The first-order chi connectivity index (χ1) is 28.4. The van der Waals surface area contributed by atoms with Crippen molar-refractivity contribution in [3.05, 3.63) is 136 Å². The molecule has 0 aliphatic carbocycles. The fourth-order valence-electron chi connectivity index (χ4n) is 6.71. The first kappa shape index (κ1) is 37.1. The lowest BCUT2D eigenvalue weighted by Crippen LogP contribution is -2.14. The van der Waals surface area contributed by atoms with Gasteiger partial charge in [-0.3, -0.25) is 4.79 Å². The number of nitrogens with zero attached hydrogens (tertiary/aromatic N) is 6. The summed E-state index contributed by atoms with van der Waals surface area (Å²) in [4.78, 5) is 17.7. The molecule has 9 rings (SSSR count). The van der Waals surface area contributed by atoms with Crippen LogP contribution >= 0.6 is 23.5 Å². The normalized spacial score (nSPS) is 13.3. The number of thioether (sulfide) groups is 2. The van der Waals surface area contributed by atoms with Crippen molar-refractivity contribution < 1.29 is 23.7 Å². The molecule has 15 heteroatoms. The number of fused-ring (bicyclic) bond motifs is 3. The summed E-state index contributed by atoms with van der Waals surface area (Å²) >= 11 is 3.09. The summed E-state index contributed by atoms with van der Waals surface area (Å²) in [6.07, 6.45) is 0.998. The number of benzene rings is 4. The highest BCUT2D eigenvalue weighted by atomic mass is 32.2. The van der Waals surface area contributed by atoms with Crippen LogP contribution in [0.25, 0.3) is 33.5 Å². The second-order valence-electron chi connectivity index (χ2n) is 13.4. The number of ether oxygens (including phenoxy) is 5. The van der Waals surface area contributed by atoms with E-state index in [9.17, 15) is 4.79 Å². The van der Waals surface area contributed by atoms with Gasteiger partial charge in [-0.2, -0.15) is 10.2 Å². The van der Waals surface area contributed by atoms with Gasteiger partial charge in [0.2, 0.25) is 5.16 Å². The van der Waals surface area contributed by atoms with Crippen molar-refractivity contribution >= 4 is 34.6 Å². The van der Waals surface area contributed by atoms with Crippen LogP contribution in [0.4, 0.5) is 0 Å². The number of hydrogen-bond donors (Lipinski definition) is 1. The van der Waals surface area contributed by atoms with Gasteiger partial charge < -0.3 is 23.7 Å². The van der Waals surface area contributed by atoms with Crippen LogP contribution in [-0.4, -0.2) is 55.2 Å². The summed E-state index contributed by atoms with van der Waals surface area (Å²) in [5.74, 6) is 4.46. The number of aromatic amines is 1. The minimum atomic E-state index is -0.781. The maximum absolute atomic E-state index is 12.8. The number of hydrogen-bond acceptors (Lipinski definition) is 12. The van der Waals surface area contributed by atoms with Gasteiger partial charge in [-0.15, -0.1) is 5.10 Å². The third kappa shape index (κ3) is 7.29. The minimum Gasteiger partial charge on any atom is -0.494 e. The molecule has 58 heavy (non-hydrogen) atoms. The minimum absolute atomic E-state index is 0.344. The van der Waals surface area contributed by atoms with Crippen molar-refractivity contribution in [2.24, 2.45) is 0 Å². The fourth-order valence-corrected chi connectivity index (χ4v) is 8.46. The van der Waals surface area contributed by atoms with E-state index in [-0.39, 0.29) is 5.56 Å². The van der Waals surface area contributed by atoms with Crippen LogP contribution in [0, 0.1) is 6.92 Å². The third-order valence-electron chi connectivity index (χ3n) is 9.55. The van der Waals surface area contributed by atoms with E-state index in [1.54, 1.807) is 48.8 Å². The zero-order valence-electron chi connectivity index (χ0n) is 32.0. The van der Waals surface area contributed by atoms with Gasteiger partial charge in [-0.05, 0) is 91.7 Å². The summed E-state index contributed by atoms with van der Waals surface area (Å²) in [6.45, 7) is 4.66. The topological polar surface area (TPSA) is 139 Å². The molecule has 1 aliphatic rings. The van der Waals surface area contributed by atoms with E-state index in [0.29, 0.717) is 57.4 Å². The molecule has 4 aromatic carbocycles. The Morgan fingerprint density at radius 3 is 2.31 bits per heavy atom. The SMILES string of the molecule is CCOc1ccc(-c2cc3c(SCc4cccc(C)c4)ncc(C4Oc5ccc(CSc6n[nH]c(=O)c7cc(-c8ccc(OC)c(OC)c8)nn67)cc5O4)n3n2)cc1. The van der Waals surface area contributed by atoms with E-state index in [1.807, 2.05) is 66.0 Å². The molecular formula is C43H37N7O6S2. The predicted molar refractivity (Wildman–Crippen MR) is 222 cm³/mol. The van der Waals surface area contributed by atoms with Gasteiger partial charge in [0.25, 0.3) is 11.8 Å². The maximum atomic E-state index is 12.8. The van der Waals surface area contributed by atoms with Crippen molar-refractivity contribution in [3.63, 3.8) is 0 Å². The highest BCUT2D eigenvalue weighted by Gasteiger charge is 2.30. The molecule has 4 aromatic heterocycles. The number of H-pyrrole nitrogens is 1. The molecule has 1 atom stereocenters. The van der Waals surface area contributed by atoms with Gasteiger partial charge in [0.05, 0.1) is 43.9 Å². The van der Waals surface area contributed by atoms with Crippen LogP contribution in [0.3, 0.4) is 0 Å². The summed E-state index contributed by atoms with van der Waals surface area (Å²) in [7, 11) is 3.16. The molecular weight excluding hydrogens is 775 g/mol. The summed E-state index contributed by atoms with van der Waals surface area (Å²) in [6, 6.07) is 31.5. The average molecular weight is 812 g/mol. The first-order valence-corrected chi connectivity index (χ1v) is 20.4. The van der Waals surface area contributed by atoms with Crippen molar-refractivity contribution in [3.8, 4) is 51.3 Å². The van der Waals surface area contributed by atoms with Gasteiger partial charge in [0.1, 0.15) is 22.0 Å². The number of methoxy groups -OCH3 is 2. The number of aromatic nitrogens is 7. The second kappa shape index (κ2) is 15.8. The fraction of sp³-hybridized carbons (Fsp3) is 0.186. The Balaban J connectivity index is 0.965. The van der Waals surface area contributed by atoms with E-state index >= 15 is 0 Å². The summed E-state index contributed by atoms with van der Waals surface area (Å²) in [5.41, 5.74) is 8.05. The van der Waals surface area contributed by atoms with Gasteiger partial charge >= 0.3 is 0 Å². The van der Waals surface area contributed by atoms with Crippen molar-refractivity contribution in [1.82, 2.24) is 34.4 Å². The van der Waals surface area contributed by atoms with E-state index in [1.165, 1.54) is 22.9 Å². The lowest BCUT2D eigenvalue weighted by molar-refractivity contribution is 0.0423. The Bertz CT molecular complexity index is 2860. The standard InChI is InChI=1S/C43H37N7O6S2/c1-5-54-30-13-10-28(11-14-30)31-21-34-41(57-23-26-8-6-7-25(2)17-26)44-22-35(49(34)47-31)42-55-37-15-9-27(18-39(37)56-42)24-58-43-46-45-40(51)33-20-32(48-50(33)43)29-12-16-36(52-3)38(19-29)53-4/h6-22,42H,5,23-24H2,1-4H3,(H,45,51). The number of nitrogens with one attached hydrogen (secondary N) is 1.